The van der Waals surface area contributed by atoms with Crippen molar-refractivity contribution in [1.29, 1.82) is 0 Å². The fraction of sp³-hybridized carbons (Fsp3) is 0.276. The number of halogens is 3. The Kier molecular flexibility index (Phi) is 7.88. The second kappa shape index (κ2) is 11.1. The van der Waals surface area contributed by atoms with Crippen LogP contribution in [0.2, 0.25) is 0 Å². The minimum Gasteiger partial charge on any atom is -0.507 e. The Bertz CT molecular complexity index is 1410. The van der Waals surface area contributed by atoms with Crippen LogP contribution in [-0.2, 0) is 12.7 Å². The zero-order valence-electron chi connectivity index (χ0n) is 20.6. The Morgan fingerprint density at radius 2 is 1.51 bits per heavy atom. The summed E-state index contributed by atoms with van der Waals surface area (Å²) in [4.78, 5) is 15.3. The first-order valence-electron chi connectivity index (χ1n) is 12.2. The van der Waals surface area contributed by atoms with E-state index in [1.165, 1.54) is 24.3 Å². The lowest BCUT2D eigenvalue weighted by Gasteiger charge is -2.22. The molecule has 0 fully saturated rings. The van der Waals surface area contributed by atoms with E-state index in [2.05, 4.69) is 0 Å². The van der Waals surface area contributed by atoms with Crippen molar-refractivity contribution in [2.45, 2.75) is 39.4 Å². The molecule has 0 saturated heterocycles. The van der Waals surface area contributed by atoms with Crippen molar-refractivity contribution < 1.29 is 27.4 Å². The molecule has 0 aliphatic carbocycles. The van der Waals surface area contributed by atoms with Gasteiger partial charge in [0.25, 0.3) is 5.76 Å². The van der Waals surface area contributed by atoms with Crippen LogP contribution in [0.5, 0.6) is 17.2 Å². The Morgan fingerprint density at radius 3 is 2.11 bits per heavy atom. The molecule has 0 saturated carbocycles. The van der Waals surface area contributed by atoms with Gasteiger partial charge in [-0.25, -0.2) is 0 Å². The van der Waals surface area contributed by atoms with Gasteiger partial charge in [0.2, 0.25) is 11.2 Å². The highest BCUT2D eigenvalue weighted by molar-refractivity contribution is 5.83. The molecule has 37 heavy (non-hydrogen) atoms. The Hall–Kier alpha value is -3.78. The van der Waals surface area contributed by atoms with E-state index in [1.54, 1.807) is 12.1 Å². The average molecular weight is 512 g/mol. The maximum atomic E-state index is 14.1. The molecule has 8 heteroatoms. The van der Waals surface area contributed by atoms with E-state index in [0.29, 0.717) is 13.1 Å². The van der Waals surface area contributed by atoms with E-state index in [-0.39, 0.29) is 34.6 Å². The van der Waals surface area contributed by atoms with Crippen molar-refractivity contribution in [3.8, 4) is 28.4 Å². The minimum atomic E-state index is -5.00. The molecule has 0 atom stereocenters. The number of fused-ring (bicyclic) bond motifs is 1. The van der Waals surface area contributed by atoms with Crippen LogP contribution < -0.4 is 10.2 Å². The highest BCUT2D eigenvalue weighted by Crippen LogP contribution is 2.40. The summed E-state index contributed by atoms with van der Waals surface area (Å²) in [6.45, 7) is 5.49. The second-order valence-corrected chi connectivity index (χ2v) is 8.80. The van der Waals surface area contributed by atoms with Gasteiger partial charge < -0.3 is 14.3 Å². The molecule has 5 nitrogen and oxygen atoms in total. The summed E-state index contributed by atoms with van der Waals surface area (Å²) in [5.74, 6) is -2.65. The first-order valence-corrected chi connectivity index (χ1v) is 12.2. The second-order valence-electron chi connectivity index (χ2n) is 8.80. The van der Waals surface area contributed by atoms with Crippen LogP contribution >= 0.6 is 0 Å². The molecule has 1 aromatic heterocycles. The molecule has 0 aliphatic rings. The molecule has 0 unspecified atom stereocenters. The molecule has 0 spiro atoms. The van der Waals surface area contributed by atoms with Gasteiger partial charge >= 0.3 is 6.18 Å². The quantitative estimate of drug-likeness (QED) is 0.251. The molecule has 4 aromatic rings. The average Bonchev–Trinajstić information content (AvgIpc) is 2.87. The van der Waals surface area contributed by atoms with Crippen molar-refractivity contribution in [2.24, 2.45) is 0 Å². The van der Waals surface area contributed by atoms with Gasteiger partial charge in [0.15, 0.2) is 0 Å². The van der Waals surface area contributed by atoms with E-state index >= 15 is 0 Å². The largest absolute Gasteiger partial charge is 0.507 e. The Morgan fingerprint density at radius 1 is 0.892 bits per heavy atom. The van der Waals surface area contributed by atoms with Crippen LogP contribution in [0, 0.1) is 0 Å². The van der Waals surface area contributed by atoms with Crippen LogP contribution in [0.25, 0.3) is 22.1 Å². The molecule has 4 rings (SSSR count). The minimum absolute atomic E-state index is 0.0629. The van der Waals surface area contributed by atoms with E-state index < -0.39 is 23.1 Å². The summed E-state index contributed by atoms with van der Waals surface area (Å²) in [5.41, 5.74) is 0.669. The fourth-order valence-electron chi connectivity index (χ4n) is 4.31. The maximum absolute atomic E-state index is 14.1. The summed E-state index contributed by atoms with van der Waals surface area (Å²) >= 11 is 0. The van der Waals surface area contributed by atoms with Crippen molar-refractivity contribution in [2.75, 3.05) is 13.1 Å². The number of alkyl halides is 3. The molecule has 0 radical (unpaired) electrons. The number of ether oxygens (including phenoxy) is 1. The van der Waals surface area contributed by atoms with Gasteiger partial charge in [0, 0.05) is 6.54 Å². The number of phenolic OH excluding ortho intramolecular Hbond substituents is 1. The van der Waals surface area contributed by atoms with Crippen LogP contribution in [0.1, 0.15) is 38.0 Å². The van der Waals surface area contributed by atoms with Crippen LogP contribution in [0.15, 0.2) is 75.9 Å². The molecule has 1 N–H and O–H groups in total. The number of rotatable bonds is 9. The predicted molar refractivity (Wildman–Crippen MR) is 137 cm³/mol. The van der Waals surface area contributed by atoms with E-state index in [0.717, 1.165) is 24.0 Å². The van der Waals surface area contributed by atoms with E-state index in [4.69, 9.17) is 9.15 Å². The molecule has 3 aromatic carbocycles. The highest BCUT2D eigenvalue weighted by atomic mass is 19.4. The number of benzene rings is 3. The standard InChI is InChI=1S/C29H28F3NO4/c1-3-16-33(17-4-2)18-23-24(34)15-14-22-25(35)27(28(29(30,31)32)37-26(22)23)36-21-12-10-20(11-13-21)19-8-6-5-7-9-19/h5-15,34H,3-4,16-18H2,1-2H3. The summed E-state index contributed by atoms with van der Waals surface area (Å²) in [7, 11) is 0. The number of nitrogens with zero attached hydrogens (tertiary/aromatic N) is 1. The van der Waals surface area contributed by atoms with Crippen molar-refractivity contribution in [3.05, 3.63) is 88.3 Å². The van der Waals surface area contributed by atoms with Gasteiger partial charge in [-0.05, 0) is 61.3 Å². The monoisotopic (exact) mass is 511 g/mol. The Balaban J connectivity index is 1.79. The van der Waals surface area contributed by atoms with Gasteiger partial charge in [0.05, 0.1) is 10.9 Å². The molecule has 1 heterocycles. The summed E-state index contributed by atoms with van der Waals surface area (Å²) in [6.07, 6.45) is -3.35. The molecular formula is C29H28F3NO4. The predicted octanol–water partition coefficient (Wildman–Crippen LogP) is 7.60. The zero-order chi connectivity index (χ0) is 26.6. The molecule has 0 amide bonds. The number of hydrogen-bond donors (Lipinski definition) is 1. The third kappa shape index (κ3) is 5.80. The summed E-state index contributed by atoms with van der Waals surface area (Å²) in [5, 5.41) is 10.4. The smallest absolute Gasteiger partial charge is 0.453 e. The third-order valence-corrected chi connectivity index (χ3v) is 6.00. The first kappa shape index (κ1) is 26.3. The Labute approximate surface area is 212 Å². The number of aromatic hydroxyl groups is 1. The molecule has 0 bridgehead atoms. The molecule has 0 aliphatic heterocycles. The van der Waals surface area contributed by atoms with E-state index in [9.17, 15) is 23.1 Å². The lowest BCUT2D eigenvalue weighted by molar-refractivity contribution is -0.154. The first-order chi connectivity index (χ1) is 17.7. The van der Waals surface area contributed by atoms with Gasteiger partial charge in [-0.1, -0.05) is 56.3 Å². The van der Waals surface area contributed by atoms with Gasteiger partial charge in [-0.3, -0.25) is 9.69 Å². The number of phenols is 1. The van der Waals surface area contributed by atoms with Gasteiger partial charge in [-0.15, -0.1) is 0 Å². The topological polar surface area (TPSA) is 62.9 Å². The SMILES string of the molecule is CCCN(CCC)Cc1c(O)ccc2c(=O)c(Oc3ccc(-c4ccccc4)cc3)c(C(F)(F)F)oc12. The zero-order valence-corrected chi connectivity index (χ0v) is 20.6. The lowest BCUT2D eigenvalue weighted by atomic mass is 10.1. The van der Waals surface area contributed by atoms with Crippen molar-refractivity contribution >= 4 is 11.0 Å². The molecule has 194 valence electrons. The van der Waals surface area contributed by atoms with E-state index in [1.807, 2.05) is 49.1 Å². The van der Waals surface area contributed by atoms with Crippen LogP contribution in [0.4, 0.5) is 13.2 Å². The summed E-state index contributed by atoms with van der Waals surface area (Å²) < 4.78 is 53.1. The lowest BCUT2D eigenvalue weighted by Crippen LogP contribution is -2.25. The third-order valence-electron chi connectivity index (χ3n) is 6.00. The van der Waals surface area contributed by atoms with Crippen LogP contribution in [0.3, 0.4) is 0 Å². The van der Waals surface area contributed by atoms with Gasteiger partial charge in [-0.2, -0.15) is 13.2 Å². The fourth-order valence-corrected chi connectivity index (χ4v) is 4.31. The molecular weight excluding hydrogens is 483 g/mol. The summed E-state index contributed by atoms with van der Waals surface area (Å²) in [6, 6.07) is 18.4. The van der Waals surface area contributed by atoms with Crippen molar-refractivity contribution in [1.82, 2.24) is 4.90 Å². The number of hydrogen-bond acceptors (Lipinski definition) is 5. The highest BCUT2D eigenvalue weighted by Gasteiger charge is 2.41. The van der Waals surface area contributed by atoms with Gasteiger partial charge in [0.1, 0.15) is 17.1 Å². The van der Waals surface area contributed by atoms with Crippen LogP contribution in [-0.4, -0.2) is 23.1 Å². The maximum Gasteiger partial charge on any atom is 0.453 e. The normalized spacial score (nSPS) is 11.8. The van der Waals surface area contributed by atoms with Crippen molar-refractivity contribution in [3.63, 3.8) is 0 Å².